The van der Waals surface area contributed by atoms with Gasteiger partial charge in [-0.25, -0.2) is 0 Å². The van der Waals surface area contributed by atoms with Gasteiger partial charge in [-0.15, -0.1) is 0 Å². The van der Waals surface area contributed by atoms with E-state index in [2.05, 4.69) is 12.1 Å². The fourth-order valence-electron chi connectivity index (χ4n) is 5.33. The molecule has 4 aliphatic rings. The molecule has 0 aromatic heterocycles. The van der Waals surface area contributed by atoms with Crippen LogP contribution in [0.1, 0.15) is 44.1 Å². The lowest BCUT2D eigenvalue weighted by Gasteiger charge is -2.57. The van der Waals surface area contributed by atoms with Crippen LogP contribution in [0.3, 0.4) is 0 Å². The zero-order chi connectivity index (χ0) is 13.2. The molecule has 0 amide bonds. The Morgan fingerprint density at radius 3 is 1.63 bits per heavy atom. The summed E-state index contributed by atoms with van der Waals surface area (Å²) in [6, 6.07) is 4.14. The smallest absolute Gasteiger partial charge is 0.0778 e. The van der Waals surface area contributed by atoms with Crippen LogP contribution < -0.4 is 0 Å². The van der Waals surface area contributed by atoms with Crippen molar-refractivity contribution in [2.24, 2.45) is 17.8 Å². The topological polar surface area (TPSA) is 0 Å². The first-order valence-electron chi connectivity index (χ1n) is 7.21. The lowest BCUT2D eigenvalue weighted by molar-refractivity contribution is -0.00518. The van der Waals surface area contributed by atoms with E-state index in [1.54, 1.807) is 0 Å². The van der Waals surface area contributed by atoms with Gasteiger partial charge in [-0.2, -0.15) is 0 Å². The molecule has 102 valence electrons. The van der Waals surface area contributed by atoms with E-state index in [9.17, 15) is 0 Å². The maximum absolute atomic E-state index is 6.24. The molecule has 4 bridgehead atoms. The minimum Gasteiger partial charge on any atom is -0.0826 e. The SMILES string of the molecule is Clc1cc(C23CC4CC(CC(C4)C2)C3)cc(Cl)c1Cl. The third-order valence-corrected chi connectivity index (χ3v) is 6.83. The van der Waals surface area contributed by atoms with Crippen molar-refractivity contribution in [3.05, 3.63) is 32.8 Å². The molecule has 0 atom stereocenters. The standard InChI is InChI=1S/C16H17Cl3/c17-13-4-12(5-14(18)15(13)19)16-6-9-1-10(7-16)3-11(2-9)8-16/h4-5,9-11H,1-3,6-8H2. The van der Waals surface area contributed by atoms with Gasteiger partial charge in [0, 0.05) is 0 Å². The van der Waals surface area contributed by atoms with Gasteiger partial charge in [0.05, 0.1) is 15.1 Å². The summed E-state index contributed by atoms with van der Waals surface area (Å²) in [6.45, 7) is 0. The highest BCUT2D eigenvalue weighted by molar-refractivity contribution is 6.48. The zero-order valence-electron chi connectivity index (χ0n) is 10.8. The number of hydrogen-bond acceptors (Lipinski definition) is 0. The minimum atomic E-state index is 0.340. The average molecular weight is 316 g/mol. The summed E-state index contributed by atoms with van der Waals surface area (Å²) in [6.07, 6.45) is 8.34. The van der Waals surface area contributed by atoms with Crippen molar-refractivity contribution < 1.29 is 0 Å². The Bertz CT molecular complexity index is 477. The summed E-state index contributed by atoms with van der Waals surface area (Å²) in [4.78, 5) is 0. The third-order valence-electron chi connectivity index (χ3n) is 5.63. The minimum absolute atomic E-state index is 0.340. The summed E-state index contributed by atoms with van der Waals surface area (Å²) in [5.74, 6) is 2.79. The lowest BCUT2D eigenvalue weighted by atomic mass is 9.48. The Balaban J connectivity index is 1.79. The van der Waals surface area contributed by atoms with Crippen molar-refractivity contribution in [2.75, 3.05) is 0 Å². The first-order valence-corrected chi connectivity index (χ1v) is 8.34. The highest BCUT2D eigenvalue weighted by atomic mass is 35.5. The Hall–Kier alpha value is 0.0900. The molecule has 0 N–H and O–H groups in total. The van der Waals surface area contributed by atoms with E-state index < -0.39 is 0 Å². The first-order chi connectivity index (χ1) is 9.06. The molecule has 1 aromatic rings. The quantitative estimate of drug-likeness (QED) is 0.548. The second kappa shape index (κ2) is 4.29. The molecule has 4 aliphatic carbocycles. The second-order valence-electron chi connectivity index (χ2n) is 6.95. The molecule has 0 heterocycles. The van der Waals surface area contributed by atoms with Crippen molar-refractivity contribution in [1.82, 2.24) is 0 Å². The fraction of sp³-hybridized carbons (Fsp3) is 0.625. The highest BCUT2D eigenvalue weighted by Crippen LogP contribution is 2.61. The predicted molar refractivity (Wildman–Crippen MR) is 81.3 cm³/mol. The predicted octanol–water partition coefficient (Wildman–Crippen LogP) is 6.11. The molecule has 0 radical (unpaired) electrons. The average Bonchev–Trinajstić information content (AvgIpc) is 2.33. The normalized spacial score (nSPS) is 39.8. The molecule has 5 rings (SSSR count). The molecule has 4 saturated carbocycles. The Labute approximate surface area is 129 Å². The Morgan fingerprint density at radius 1 is 0.789 bits per heavy atom. The lowest BCUT2D eigenvalue weighted by Crippen LogP contribution is -2.48. The maximum Gasteiger partial charge on any atom is 0.0778 e. The maximum atomic E-state index is 6.24. The summed E-state index contributed by atoms with van der Waals surface area (Å²) >= 11 is 18.6. The van der Waals surface area contributed by atoms with Gasteiger partial charge >= 0.3 is 0 Å². The zero-order valence-corrected chi connectivity index (χ0v) is 13.0. The van der Waals surface area contributed by atoms with Crippen LogP contribution in [0.2, 0.25) is 15.1 Å². The van der Waals surface area contributed by atoms with E-state index >= 15 is 0 Å². The molecular formula is C16H17Cl3. The molecule has 0 saturated heterocycles. The van der Waals surface area contributed by atoms with Crippen molar-refractivity contribution in [2.45, 2.75) is 43.9 Å². The molecule has 0 aliphatic heterocycles. The fourth-order valence-corrected chi connectivity index (χ4v) is 5.92. The largest absolute Gasteiger partial charge is 0.0826 e. The van der Waals surface area contributed by atoms with Gasteiger partial charge in [0.25, 0.3) is 0 Å². The third kappa shape index (κ3) is 1.94. The van der Waals surface area contributed by atoms with Crippen molar-refractivity contribution in [3.63, 3.8) is 0 Å². The van der Waals surface area contributed by atoms with Crippen LogP contribution in [-0.4, -0.2) is 0 Å². The van der Waals surface area contributed by atoms with Crippen molar-refractivity contribution >= 4 is 34.8 Å². The van der Waals surface area contributed by atoms with Crippen LogP contribution in [0.5, 0.6) is 0 Å². The van der Waals surface area contributed by atoms with Gasteiger partial charge < -0.3 is 0 Å². The van der Waals surface area contributed by atoms with Crippen LogP contribution in [0.25, 0.3) is 0 Å². The van der Waals surface area contributed by atoms with Crippen LogP contribution in [0.4, 0.5) is 0 Å². The van der Waals surface area contributed by atoms with Crippen LogP contribution >= 0.6 is 34.8 Å². The molecule has 19 heavy (non-hydrogen) atoms. The Kier molecular flexibility index (Phi) is 2.89. The summed E-state index contributed by atoms with van der Waals surface area (Å²) in [5.41, 5.74) is 1.68. The highest BCUT2D eigenvalue weighted by Gasteiger charge is 2.51. The second-order valence-corrected chi connectivity index (χ2v) is 8.14. The molecule has 4 fully saturated rings. The summed E-state index contributed by atoms with van der Waals surface area (Å²) in [7, 11) is 0. The number of hydrogen-bond donors (Lipinski definition) is 0. The summed E-state index contributed by atoms with van der Waals surface area (Å²) in [5, 5.41) is 1.72. The number of rotatable bonds is 1. The van der Waals surface area contributed by atoms with E-state index in [0.717, 1.165) is 17.8 Å². The Morgan fingerprint density at radius 2 is 1.21 bits per heavy atom. The molecule has 1 aromatic carbocycles. The van der Waals surface area contributed by atoms with Crippen LogP contribution in [0.15, 0.2) is 12.1 Å². The van der Waals surface area contributed by atoms with Crippen molar-refractivity contribution in [1.29, 1.82) is 0 Å². The van der Waals surface area contributed by atoms with E-state index in [1.807, 2.05) is 0 Å². The summed E-state index contributed by atoms with van der Waals surface area (Å²) < 4.78 is 0. The first kappa shape index (κ1) is 12.8. The molecular weight excluding hydrogens is 299 g/mol. The molecule has 0 unspecified atom stereocenters. The van der Waals surface area contributed by atoms with Crippen LogP contribution in [-0.2, 0) is 5.41 Å². The van der Waals surface area contributed by atoms with E-state index in [4.69, 9.17) is 34.8 Å². The van der Waals surface area contributed by atoms with Gasteiger partial charge in [-0.05, 0) is 79.4 Å². The van der Waals surface area contributed by atoms with Crippen molar-refractivity contribution in [3.8, 4) is 0 Å². The van der Waals surface area contributed by atoms with Gasteiger partial charge in [0.2, 0.25) is 0 Å². The van der Waals surface area contributed by atoms with Gasteiger partial charge in [0.1, 0.15) is 0 Å². The number of benzene rings is 1. The van der Waals surface area contributed by atoms with Crippen LogP contribution in [0, 0.1) is 17.8 Å². The van der Waals surface area contributed by atoms with Gasteiger partial charge in [0.15, 0.2) is 0 Å². The van der Waals surface area contributed by atoms with E-state index in [-0.39, 0.29) is 0 Å². The monoisotopic (exact) mass is 314 g/mol. The molecule has 0 nitrogen and oxygen atoms in total. The van der Waals surface area contributed by atoms with E-state index in [1.165, 1.54) is 44.1 Å². The molecule has 3 heteroatoms. The van der Waals surface area contributed by atoms with Gasteiger partial charge in [-0.1, -0.05) is 34.8 Å². The molecule has 0 spiro atoms. The van der Waals surface area contributed by atoms with E-state index in [0.29, 0.717) is 20.5 Å². The number of halogens is 3. The van der Waals surface area contributed by atoms with Gasteiger partial charge in [-0.3, -0.25) is 0 Å².